The Morgan fingerprint density at radius 2 is 0.672 bits per heavy atom. The molecule has 0 aliphatic rings. The lowest BCUT2D eigenvalue weighted by molar-refractivity contribution is 0.0592. The molecular formula is C50H54O8. The van der Waals surface area contributed by atoms with Gasteiger partial charge in [0.15, 0.2) is 0 Å². The maximum absolute atomic E-state index is 11.9. The number of carbonyl (C=O) groups is 2. The summed E-state index contributed by atoms with van der Waals surface area (Å²) in [6.07, 6.45) is 7.41. The van der Waals surface area contributed by atoms with E-state index in [1.165, 1.54) is 14.2 Å². The first-order valence-corrected chi connectivity index (χ1v) is 20.1. The van der Waals surface area contributed by atoms with Crippen molar-refractivity contribution in [3.63, 3.8) is 0 Å². The molecule has 0 saturated heterocycles. The largest absolute Gasteiger partial charge is 0.492 e. The van der Waals surface area contributed by atoms with Gasteiger partial charge >= 0.3 is 11.9 Å². The van der Waals surface area contributed by atoms with Gasteiger partial charge in [-0.15, -0.1) is 0 Å². The molecule has 0 fully saturated rings. The molecule has 0 aliphatic carbocycles. The van der Waals surface area contributed by atoms with Crippen LogP contribution in [0.2, 0.25) is 0 Å². The highest BCUT2D eigenvalue weighted by Gasteiger charge is 2.14. The Morgan fingerprint density at radius 1 is 0.414 bits per heavy atom. The summed E-state index contributed by atoms with van der Waals surface area (Å²) in [6, 6.07) is 21.5. The van der Waals surface area contributed by atoms with Crippen LogP contribution < -0.4 is 18.9 Å². The van der Waals surface area contributed by atoms with Crippen LogP contribution in [0, 0.1) is 35.5 Å². The van der Waals surface area contributed by atoms with E-state index in [2.05, 4.69) is 63.2 Å². The molecule has 0 N–H and O–H groups in total. The summed E-state index contributed by atoms with van der Waals surface area (Å²) in [5, 5.41) is 0. The fourth-order valence-corrected chi connectivity index (χ4v) is 5.32. The van der Waals surface area contributed by atoms with Crippen LogP contribution in [0.1, 0.15) is 133 Å². The van der Waals surface area contributed by atoms with Gasteiger partial charge in [0.05, 0.1) is 74.0 Å². The highest BCUT2D eigenvalue weighted by atomic mass is 16.5. The molecule has 0 bridgehead atoms. The number of methoxy groups -OCH3 is 2. The van der Waals surface area contributed by atoms with Crippen molar-refractivity contribution in [3.05, 3.63) is 117 Å². The predicted molar refractivity (Wildman–Crippen MR) is 228 cm³/mol. The second-order valence-electron chi connectivity index (χ2n) is 13.4. The molecule has 0 saturated carbocycles. The van der Waals surface area contributed by atoms with E-state index in [0.29, 0.717) is 82.8 Å². The summed E-state index contributed by atoms with van der Waals surface area (Å²) < 4.78 is 34.9. The molecule has 0 aliphatic heterocycles. The van der Waals surface area contributed by atoms with Gasteiger partial charge < -0.3 is 28.4 Å². The van der Waals surface area contributed by atoms with Crippen LogP contribution in [0.4, 0.5) is 0 Å². The lowest BCUT2D eigenvalue weighted by Gasteiger charge is -2.14. The Morgan fingerprint density at radius 3 is 0.914 bits per heavy atom. The third-order valence-electron chi connectivity index (χ3n) is 8.81. The molecule has 0 unspecified atom stereocenters. The van der Waals surface area contributed by atoms with E-state index >= 15 is 0 Å². The number of hydrogen-bond donors (Lipinski definition) is 0. The van der Waals surface area contributed by atoms with Crippen LogP contribution in [0.25, 0.3) is 0 Å². The van der Waals surface area contributed by atoms with Gasteiger partial charge in [0, 0.05) is 35.4 Å². The number of benzene rings is 4. The fourth-order valence-electron chi connectivity index (χ4n) is 5.32. The molecular weight excluding hydrogens is 729 g/mol. The average molecular weight is 783 g/mol. The van der Waals surface area contributed by atoms with Crippen molar-refractivity contribution >= 4 is 11.9 Å². The second-order valence-corrected chi connectivity index (χ2v) is 13.4. The van der Waals surface area contributed by atoms with Crippen molar-refractivity contribution in [3.8, 4) is 58.5 Å². The number of ether oxygens (including phenoxy) is 6. The SMILES string of the molecule is CCCCOc1cc(C#Cc2cc(OCCCC)c(C#Cc3ccc(C(=O)OC)cc3)cc2OCCCC)c(OCCCC)cc1C#Cc1ccc(C(=O)OC)cc1. The number of carbonyl (C=O) groups excluding carboxylic acids is 2. The van der Waals surface area contributed by atoms with E-state index in [1.807, 2.05) is 24.3 Å². The molecule has 4 rings (SSSR count). The van der Waals surface area contributed by atoms with Gasteiger partial charge in [-0.3, -0.25) is 0 Å². The van der Waals surface area contributed by atoms with Gasteiger partial charge in [0.25, 0.3) is 0 Å². The monoisotopic (exact) mass is 782 g/mol. The smallest absolute Gasteiger partial charge is 0.337 e. The number of unbranched alkanes of at least 4 members (excludes halogenated alkanes) is 4. The minimum absolute atomic E-state index is 0.401. The summed E-state index contributed by atoms with van der Waals surface area (Å²) in [7, 11) is 2.71. The Labute approximate surface area is 344 Å². The van der Waals surface area contributed by atoms with Crippen molar-refractivity contribution < 1.29 is 38.0 Å². The first-order chi connectivity index (χ1) is 28.3. The van der Waals surface area contributed by atoms with Gasteiger partial charge in [-0.2, -0.15) is 0 Å². The topological polar surface area (TPSA) is 89.5 Å². The molecule has 0 amide bonds. The summed E-state index contributed by atoms with van der Waals surface area (Å²) in [4.78, 5) is 23.9. The maximum Gasteiger partial charge on any atom is 0.337 e. The Bertz CT molecular complexity index is 2000. The zero-order valence-electron chi connectivity index (χ0n) is 34.7. The van der Waals surface area contributed by atoms with Gasteiger partial charge in [0.1, 0.15) is 23.0 Å². The molecule has 0 spiro atoms. The van der Waals surface area contributed by atoms with Crippen LogP contribution in [0.3, 0.4) is 0 Å². The quantitative estimate of drug-likeness (QED) is 0.0560. The molecule has 0 atom stereocenters. The average Bonchev–Trinajstić information content (AvgIpc) is 3.25. The van der Waals surface area contributed by atoms with E-state index in [9.17, 15) is 9.59 Å². The first kappa shape index (κ1) is 44.4. The zero-order valence-corrected chi connectivity index (χ0v) is 34.7. The highest BCUT2D eigenvalue weighted by molar-refractivity contribution is 5.90. The maximum atomic E-state index is 11.9. The standard InChI is InChI=1S/C50H54O8/c1-7-11-29-55-45-35-43(47(57-31-13-9-3)33-41(45)25-19-37-15-21-39(22-16-37)49(51)53-5)27-28-44-36-46(56-30-12-8-2)42(34-48(44)58-32-14-10-4)26-20-38-17-23-40(24-18-38)50(52)54-6/h15-18,21-24,33-36H,7-14,29-32H2,1-6H3. The Kier molecular flexibility index (Phi) is 18.7. The lowest BCUT2D eigenvalue weighted by Crippen LogP contribution is -2.04. The molecule has 8 nitrogen and oxygen atoms in total. The molecule has 58 heavy (non-hydrogen) atoms. The minimum Gasteiger partial charge on any atom is -0.492 e. The third-order valence-corrected chi connectivity index (χ3v) is 8.81. The van der Waals surface area contributed by atoms with Crippen LogP contribution in [-0.2, 0) is 9.47 Å². The van der Waals surface area contributed by atoms with Crippen molar-refractivity contribution in [2.75, 3.05) is 40.6 Å². The van der Waals surface area contributed by atoms with Crippen molar-refractivity contribution in [2.45, 2.75) is 79.1 Å². The summed E-state index contributed by atoms with van der Waals surface area (Å²) in [6.45, 7) is 10.5. The first-order valence-electron chi connectivity index (χ1n) is 20.1. The lowest BCUT2D eigenvalue weighted by atomic mass is 10.1. The Balaban J connectivity index is 1.82. The number of esters is 2. The van der Waals surface area contributed by atoms with Gasteiger partial charge in [0.2, 0.25) is 0 Å². The van der Waals surface area contributed by atoms with Crippen LogP contribution in [0.15, 0.2) is 72.8 Å². The molecule has 302 valence electrons. The van der Waals surface area contributed by atoms with E-state index < -0.39 is 11.9 Å². The molecule has 4 aromatic carbocycles. The van der Waals surface area contributed by atoms with E-state index in [4.69, 9.17) is 28.4 Å². The molecule has 0 aromatic heterocycles. The summed E-state index contributed by atoms with van der Waals surface area (Å²) in [5.74, 6) is 21.3. The van der Waals surface area contributed by atoms with Crippen molar-refractivity contribution in [2.24, 2.45) is 0 Å². The molecule has 8 heteroatoms. The van der Waals surface area contributed by atoms with Crippen LogP contribution >= 0.6 is 0 Å². The minimum atomic E-state index is -0.401. The van der Waals surface area contributed by atoms with Crippen molar-refractivity contribution in [1.82, 2.24) is 0 Å². The zero-order chi connectivity index (χ0) is 41.5. The highest BCUT2D eigenvalue weighted by Crippen LogP contribution is 2.32. The molecule has 4 aromatic rings. The third kappa shape index (κ3) is 13.7. The van der Waals surface area contributed by atoms with Gasteiger partial charge in [-0.05, 0) is 74.2 Å². The predicted octanol–water partition coefficient (Wildman–Crippen LogP) is 10.2. The van der Waals surface area contributed by atoms with Crippen molar-refractivity contribution in [1.29, 1.82) is 0 Å². The number of rotatable bonds is 18. The van der Waals surface area contributed by atoms with Gasteiger partial charge in [-0.1, -0.05) is 88.9 Å². The van der Waals surface area contributed by atoms with Crippen LogP contribution in [-0.4, -0.2) is 52.6 Å². The number of hydrogen-bond acceptors (Lipinski definition) is 8. The van der Waals surface area contributed by atoms with E-state index in [0.717, 1.165) is 62.5 Å². The van der Waals surface area contributed by atoms with Crippen LogP contribution in [0.5, 0.6) is 23.0 Å². The molecule has 0 heterocycles. The fraction of sp³-hybridized carbons (Fsp3) is 0.360. The van der Waals surface area contributed by atoms with E-state index in [1.54, 1.807) is 48.5 Å². The second kappa shape index (κ2) is 24.4. The normalized spacial score (nSPS) is 10.1. The van der Waals surface area contributed by atoms with E-state index in [-0.39, 0.29) is 0 Å². The summed E-state index contributed by atoms with van der Waals surface area (Å²) in [5.41, 5.74) is 5.04. The Hall–Kier alpha value is -6.30. The summed E-state index contributed by atoms with van der Waals surface area (Å²) >= 11 is 0. The molecule has 0 radical (unpaired) electrons. The van der Waals surface area contributed by atoms with Gasteiger partial charge in [-0.25, -0.2) is 9.59 Å².